The molecular weight excluding hydrogens is 412 g/mol. The van der Waals surface area contributed by atoms with Crippen molar-refractivity contribution in [3.8, 4) is 0 Å². The highest BCUT2D eigenvalue weighted by molar-refractivity contribution is 5.61. The number of para-hydroxylation sites is 2. The third-order valence-corrected chi connectivity index (χ3v) is 5.63. The fourth-order valence-electron chi connectivity index (χ4n) is 3.48. The lowest BCUT2D eigenvalue weighted by molar-refractivity contribution is 0.590. The lowest BCUT2D eigenvalue weighted by Gasteiger charge is -2.20. The van der Waals surface area contributed by atoms with Crippen LogP contribution in [0.15, 0.2) is 109 Å². The zero-order valence-electron chi connectivity index (χ0n) is 21.4. The number of hydrogen-bond acceptors (Lipinski definition) is 2. The topological polar surface area (TPSA) is 24.1 Å². The minimum absolute atomic E-state index is 0.201. The molecule has 0 heterocycles. The molecule has 4 aromatic carbocycles. The number of nitrogens with one attached hydrogen (secondary N) is 2. The van der Waals surface area contributed by atoms with Gasteiger partial charge in [0.15, 0.2) is 0 Å². The van der Waals surface area contributed by atoms with E-state index in [2.05, 4.69) is 101 Å². The standard InChI is InChI=1S/C20H27N.C12H11N/c1-19(2,3)15-7-11-17(12-8-15)21-18-13-9-16(10-14-18)20(4,5)6;1-3-7-11(8-4-1)13-12-9-5-2-6-10-12/h7-14,21H,1-6H3;1-10,13H. The van der Waals surface area contributed by atoms with E-state index in [9.17, 15) is 0 Å². The minimum Gasteiger partial charge on any atom is -0.356 e. The van der Waals surface area contributed by atoms with Gasteiger partial charge in [-0.05, 0) is 70.5 Å². The first-order chi connectivity index (χ1) is 16.1. The summed E-state index contributed by atoms with van der Waals surface area (Å²) in [5.41, 5.74) is 7.62. The third kappa shape index (κ3) is 7.81. The molecule has 0 fully saturated rings. The second-order valence-electron chi connectivity index (χ2n) is 10.6. The lowest BCUT2D eigenvalue weighted by Crippen LogP contribution is -2.11. The Kier molecular flexibility index (Phi) is 8.17. The predicted molar refractivity (Wildman–Crippen MR) is 150 cm³/mol. The summed E-state index contributed by atoms with van der Waals surface area (Å²) in [6.07, 6.45) is 0. The summed E-state index contributed by atoms with van der Waals surface area (Å²) in [6.45, 7) is 13.4. The van der Waals surface area contributed by atoms with Gasteiger partial charge in [0.2, 0.25) is 0 Å². The molecule has 2 N–H and O–H groups in total. The Labute approximate surface area is 206 Å². The Hall–Kier alpha value is -3.52. The molecule has 0 aliphatic rings. The van der Waals surface area contributed by atoms with Gasteiger partial charge < -0.3 is 10.6 Å². The zero-order valence-corrected chi connectivity index (χ0v) is 21.4. The molecule has 0 aliphatic carbocycles. The van der Waals surface area contributed by atoms with Crippen molar-refractivity contribution < 1.29 is 0 Å². The van der Waals surface area contributed by atoms with Crippen molar-refractivity contribution in [3.05, 3.63) is 120 Å². The predicted octanol–water partition coefficient (Wildman–Crippen LogP) is 9.46. The van der Waals surface area contributed by atoms with Gasteiger partial charge in [-0.15, -0.1) is 0 Å². The van der Waals surface area contributed by atoms with E-state index in [-0.39, 0.29) is 10.8 Å². The molecule has 0 bridgehead atoms. The van der Waals surface area contributed by atoms with Gasteiger partial charge in [0.05, 0.1) is 0 Å². The highest BCUT2D eigenvalue weighted by atomic mass is 14.9. The van der Waals surface area contributed by atoms with E-state index < -0.39 is 0 Å². The van der Waals surface area contributed by atoms with Crippen LogP contribution in [0.25, 0.3) is 0 Å². The van der Waals surface area contributed by atoms with E-state index in [0.29, 0.717) is 0 Å². The Morgan fingerprint density at radius 2 is 0.618 bits per heavy atom. The van der Waals surface area contributed by atoms with Gasteiger partial charge in [0.25, 0.3) is 0 Å². The Bertz CT molecular complexity index is 1020. The fraction of sp³-hybridized carbons (Fsp3) is 0.250. The Morgan fingerprint density at radius 1 is 0.353 bits per heavy atom. The first kappa shape index (κ1) is 25.1. The van der Waals surface area contributed by atoms with Crippen LogP contribution in [-0.4, -0.2) is 0 Å². The maximum atomic E-state index is 3.46. The SMILES string of the molecule is CC(C)(C)c1ccc(Nc2ccc(C(C)(C)C)cc2)cc1.c1ccc(Nc2ccccc2)cc1. The second kappa shape index (κ2) is 11.1. The van der Waals surface area contributed by atoms with Gasteiger partial charge in [-0.25, -0.2) is 0 Å². The fourth-order valence-corrected chi connectivity index (χ4v) is 3.48. The van der Waals surface area contributed by atoms with Crippen LogP contribution in [0.2, 0.25) is 0 Å². The van der Waals surface area contributed by atoms with Crippen molar-refractivity contribution in [2.24, 2.45) is 0 Å². The van der Waals surface area contributed by atoms with Gasteiger partial charge in [-0.3, -0.25) is 0 Å². The zero-order chi connectivity index (χ0) is 24.6. The number of hydrogen-bond donors (Lipinski definition) is 2. The van der Waals surface area contributed by atoms with E-state index in [1.54, 1.807) is 0 Å². The van der Waals surface area contributed by atoms with Crippen molar-refractivity contribution in [1.82, 2.24) is 0 Å². The molecule has 0 spiro atoms. The van der Waals surface area contributed by atoms with Crippen LogP contribution in [0.3, 0.4) is 0 Å². The molecule has 0 radical (unpaired) electrons. The molecule has 0 saturated carbocycles. The first-order valence-electron chi connectivity index (χ1n) is 12.0. The molecule has 4 aromatic rings. The Morgan fingerprint density at radius 3 is 0.882 bits per heavy atom. The minimum atomic E-state index is 0.201. The van der Waals surface area contributed by atoms with E-state index in [0.717, 1.165) is 22.7 Å². The van der Waals surface area contributed by atoms with Crippen molar-refractivity contribution >= 4 is 22.7 Å². The highest BCUT2D eigenvalue weighted by Crippen LogP contribution is 2.27. The maximum Gasteiger partial charge on any atom is 0.0384 e. The van der Waals surface area contributed by atoms with Crippen LogP contribution in [0.4, 0.5) is 22.7 Å². The molecule has 176 valence electrons. The van der Waals surface area contributed by atoms with E-state index in [4.69, 9.17) is 0 Å². The smallest absolute Gasteiger partial charge is 0.0384 e. The third-order valence-electron chi connectivity index (χ3n) is 5.63. The molecule has 4 rings (SSSR count). The van der Waals surface area contributed by atoms with Crippen LogP contribution in [0, 0.1) is 0 Å². The summed E-state index contributed by atoms with van der Waals surface area (Å²) in [7, 11) is 0. The summed E-state index contributed by atoms with van der Waals surface area (Å²) < 4.78 is 0. The molecule has 2 nitrogen and oxygen atoms in total. The van der Waals surface area contributed by atoms with Gasteiger partial charge in [-0.2, -0.15) is 0 Å². The van der Waals surface area contributed by atoms with Gasteiger partial charge >= 0.3 is 0 Å². The summed E-state index contributed by atoms with van der Waals surface area (Å²) >= 11 is 0. The van der Waals surface area contributed by atoms with Crippen molar-refractivity contribution in [2.75, 3.05) is 10.6 Å². The average Bonchev–Trinajstić information content (AvgIpc) is 2.80. The number of anilines is 4. The van der Waals surface area contributed by atoms with Gasteiger partial charge in [0.1, 0.15) is 0 Å². The molecule has 2 heteroatoms. The van der Waals surface area contributed by atoms with Crippen LogP contribution >= 0.6 is 0 Å². The Balaban J connectivity index is 0.000000212. The normalized spacial score (nSPS) is 11.2. The second-order valence-corrected chi connectivity index (χ2v) is 10.6. The van der Waals surface area contributed by atoms with Crippen molar-refractivity contribution in [1.29, 1.82) is 0 Å². The quantitative estimate of drug-likeness (QED) is 0.323. The molecule has 0 atom stereocenters. The molecule has 0 aromatic heterocycles. The number of benzene rings is 4. The van der Waals surface area contributed by atoms with E-state index >= 15 is 0 Å². The van der Waals surface area contributed by atoms with Crippen LogP contribution < -0.4 is 10.6 Å². The van der Waals surface area contributed by atoms with Crippen molar-refractivity contribution in [3.63, 3.8) is 0 Å². The molecular formula is C32H38N2. The number of rotatable bonds is 4. The molecule has 0 amide bonds. The molecule has 0 aliphatic heterocycles. The van der Waals surface area contributed by atoms with Gasteiger partial charge in [0, 0.05) is 22.7 Å². The van der Waals surface area contributed by atoms with E-state index in [1.807, 2.05) is 60.7 Å². The summed E-state index contributed by atoms with van der Waals surface area (Å²) in [5, 5.41) is 6.77. The highest BCUT2D eigenvalue weighted by Gasteiger charge is 2.14. The van der Waals surface area contributed by atoms with Gasteiger partial charge in [-0.1, -0.05) is 102 Å². The maximum absolute atomic E-state index is 3.46. The largest absolute Gasteiger partial charge is 0.356 e. The average molecular weight is 451 g/mol. The van der Waals surface area contributed by atoms with Crippen LogP contribution in [0.1, 0.15) is 52.7 Å². The monoisotopic (exact) mass is 450 g/mol. The van der Waals surface area contributed by atoms with Crippen molar-refractivity contribution in [2.45, 2.75) is 52.4 Å². The summed E-state index contributed by atoms with van der Waals surface area (Å²) in [6, 6.07) is 37.7. The molecule has 34 heavy (non-hydrogen) atoms. The lowest BCUT2D eigenvalue weighted by atomic mass is 9.87. The summed E-state index contributed by atoms with van der Waals surface area (Å²) in [5.74, 6) is 0. The van der Waals surface area contributed by atoms with E-state index in [1.165, 1.54) is 11.1 Å². The van der Waals surface area contributed by atoms with Crippen LogP contribution in [0.5, 0.6) is 0 Å². The van der Waals surface area contributed by atoms with Crippen LogP contribution in [-0.2, 0) is 10.8 Å². The molecule has 0 unspecified atom stereocenters. The summed E-state index contributed by atoms with van der Waals surface area (Å²) in [4.78, 5) is 0. The first-order valence-corrected chi connectivity index (χ1v) is 12.0. The molecule has 0 saturated heterocycles.